The topological polar surface area (TPSA) is 40.6 Å². The third kappa shape index (κ3) is 9.56. The average Bonchev–Trinajstić information content (AvgIpc) is 3.21. The maximum atomic E-state index is 13.4. The predicted molar refractivity (Wildman–Crippen MR) is 135 cm³/mol. The Kier molecular flexibility index (Phi) is 12.1. The highest BCUT2D eigenvalue weighted by atomic mass is 32.1. The third-order valence-electron chi connectivity index (χ3n) is 5.67. The Balaban J connectivity index is 2.05. The van der Waals surface area contributed by atoms with Gasteiger partial charge < -0.3 is 9.80 Å². The Morgan fingerprint density at radius 3 is 2.16 bits per heavy atom. The van der Waals surface area contributed by atoms with Crippen molar-refractivity contribution >= 4 is 23.2 Å². The fourth-order valence-electron chi connectivity index (χ4n) is 3.74. The van der Waals surface area contributed by atoms with E-state index in [9.17, 15) is 9.59 Å². The highest BCUT2D eigenvalue weighted by Gasteiger charge is 2.21. The highest BCUT2D eigenvalue weighted by Crippen LogP contribution is 2.19. The monoisotopic (exact) mass is 456 g/mol. The van der Waals surface area contributed by atoms with Gasteiger partial charge in [-0.1, -0.05) is 76.3 Å². The van der Waals surface area contributed by atoms with E-state index in [4.69, 9.17) is 0 Å². The average molecular weight is 457 g/mol. The van der Waals surface area contributed by atoms with Crippen LogP contribution in [0, 0.1) is 6.92 Å². The normalized spacial score (nSPS) is 10.8. The van der Waals surface area contributed by atoms with Gasteiger partial charge in [0.05, 0.1) is 13.1 Å². The molecule has 0 unspecified atom stereocenters. The quantitative estimate of drug-likeness (QED) is 0.284. The van der Waals surface area contributed by atoms with Crippen LogP contribution < -0.4 is 0 Å². The summed E-state index contributed by atoms with van der Waals surface area (Å²) in [7, 11) is 0. The molecule has 1 aromatic heterocycles. The summed E-state index contributed by atoms with van der Waals surface area (Å²) < 4.78 is 0. The number of unbranched alkanes of at least 4 members (excludes halogenated alkanes) is 5. The van der Waals surface area contributed by atoms with E-state index in [-0.39, 0.29) is 18.4 Å². The zero-order valence-corrected chi connectivity index (χ0v) is 21.0. The van der Waals surface area contributed by atoms with Crippen molar-refractivity contribution in [1.29, 1.82) is 0 Å². The first-order chi connectivity index (χ1) is 15.5. The molecule has 2 rings (SSSR count). The maximum Gasteiger partial charge on any atom is 0.242 e. The molecule has 0 aliphatic rings. The Morgan fingerprint density at radius 1 is 0.781 bits per heavy atom. The van der Waals surface area contributed by atoms with Crippen LogP contribution in [0.2, 0.25) is 0 Å². The van der Waals surface area contributed by atoms with Crippen molar-refractivity contribution in [2.45, 2.75) is 85.2 Å². The summed E-state index contributed by atoms with van der Waals surface area (Å²) in [6, 6.07) is 14.3. The number of aryl methyl sites for hydroxylation is 1. The van der Waals surface area contributed by atoms with Gasteiger partial charge in [0.1, 0.15) is 0 Å². The van der Waals surface area contributed by atoms with Gasteiger partial charge in [0.2, 0.25) is 11.8 Å². The Morgan fingerprint density at radius 2 is 1.50 bits per heavy atom. The SMILES string of the molecule is CCCCCCCC(=O)N(CCCC)CC(=O)N(Cc1ccccc1)Cc1ccc(C)s1. The second kappa shape index (κ2) is 14.8. The molecular weight excluding hydrogens is 416 g/mol. The molecule has 0 bridgehead atoms. The molecule has 4 nitrogen and oxygen atoms in total. The van der Waals surface area contributed by atoms with E-state index in [0.717, 1.165) is 31.2 Å². The van der Waals surface area contributed by atoms with E-state index >= 15 is 0 Å². The van der Waals surface area contributed by atoms with Gasteiger partial charge in [-0.2, -0.15) is 0 Å². The van der Waals surface area contributed by atoms with E-state index in [1.165, 1.54) is 29.0 Å². The second-order valence-corrected chi connectivity index (χ2v) is 9.95. The molecule has 176 valence electrons. The van der Waals surface area contributed by atoms with Crippen molar-refractivity contribution in [3.63, 3.8) is 0 Å². The van der Waals surface area contributed by atoms with Crippen molar-refractivity contribution in [1.82, 2.24) is 9.80 Å². The lowest BCUT2D eigenvalue weighted by Crippen LogP contribution is -2.42. The number of amides is 2. The molecule has 2 aromatic rings. The molecule has 0 aliphatic heterocycles. The third-order valence-corrected chi connectivity index (χ3v) is 6.65. The minimum atomic E-state index is 0.0235. The Bertz CT molecular complexity index is 803. The van der Waals surface area contributed by atoms with Crippen LogP contribution in [-0.4, -0.2) is 34.7 Å². The summed E-state index contributed by atoms with van der Waals surface area (Å²) in [5.74, 6) is 0.144. The summed E-state index contributed by atoms with van der Waals surface area (Å²) in [5.41, 5.74) is 1.11. The van der Waals surface area contributed by atoms with Gasteiger partial charge in [0.15, 0.2) is 0 Å². The second-order valence-electron chi connectivity index (χ2n) is 8.58. The molecule has 0 fully saturated rings. The molecule has 32 heavy (non-hydrogen) atoms. The summed E-state index contributed by atoms with van der Waals surface area (Å²) >= 11 is 1.73. The number of carbonyl (C=O) groups is 2. The predicted octanol–water partition coefficient (Wildman–Crippen LogP) is 6.57. The largest absolute Gasteiger partial charge is 0.333 e. The summed E-state index contributed by atoms with van der Waals surface area (Å²) in [4.78, 5) is 32.4. The van der Waals surface area contributed by atoms with E-state index in [1.54, 1.807) is 16.2 Å². The molecule has 0 saturated heterocycles. The van der Waals surface area contributed by atoms with E-state index < -0.39 is 0 Å². The number of benzene rings is 1. The zero-order chi connectivity index (χ0) is 23.2. The molecule has 0 saturated carbocycles. The van der Waals surface area contributed by atoms with Crippen LogP contribution in [-0.2, 0) is 22.7 Å². The lowest BCUT2D eigenvalue weighted by Gasteiger charge is -2.28. The molecular formula is C27H40N2O2S. The summed E-state index contributed by atoms with van der Waals surface area (Å²) in [5, 5.41) is 0. The molecule has 1 heterocycles. The van der Waals surface area contributed by atoms with Crippen molar-refractivity contribution in [2.75, 3.05) is 13.1 Å². The number of carbonyl (C=O) groups excluding carboxylic acids is 2. The Hall–Kier alpha value is -2.14. The first-order valence-electron chi connectivity index (χ1n) is 12.2. The van der Waals surface area contributed by atoms with E-state index in [0.29, 0.717) is 26.1 Å². The molecule has 0 spiro atoms. The molecule has 0 N–H and O–H groups in total. The fraction of sp³-hybridized carbons (Fsp3) is 0.556. The van der Waals surface area contributed by atoms with Crippen LogP contribution in [0.5, 0.6) is 0 Å². The molecule has 0 atom stereocenters. The lowest BCUT2D eigenvalue weighted by molar-refractivity contribution is -0.141. The molecule has 2 amide bonds. The minimum Gasteiger partial charge on any atom is -0.333 e. The number of hydrogen-bond donors (Lipinski definition) is 0. The van der Waals surface area contributed by atoms with Gasteiger partial charge in [0, 0.05) is 29.3 Å². The van der Waals surface area contributed by atoms with Crippen molar-refractivity contribution in [2.24, 2.45) is 0 Å². The maximum absolute atomic E-state index is 13.4. The van der Waals surface area contributed by atoms with Crippen molar-refractivity contribution < 1.29 is 9.59 Å². The molecule has 1 aromatic carbocycles. The molecule has 0 aliphatic carbocycles. The van der Waals surface area contributed by atoms with Crippen molar-refractivity contribution in [3.05, 3.63) is 57.8 Å². The van der Waals surface area contributed by atoms with Gasteiger partial charge in [-0.3, -0.25) is 9.59 Å². The van der Waals surface area contributed by atoms with Gasteiger partial charge in [-0.25, -0.2) is 0 Å². The number of rotatable bonds is 15. The first-order valence-corrected chi connectivity index (χ1v) is 13.0. The van der Waals surface area contributed by atoms with Crippen LogP contribution in [0.25, 0.3) is 0 Å². The van der Waals surface area contributed by atoms with Gasteiger partial charge in [-0.15, -0.1) is 11.3 Å². The summed E-state index contributed by atoms with van der Waals surface area (Å²) in [6.45, 7) is 8.38. The number of nitrogens with zero attached hydrogens (tertiary/aromatic N) is 2. The molecule has 5 heteroatoms. The van der Waals surface area contributed by atoms with Crippen LogP contribution in [0.15, 0.2) is 42.5 Å². The van der Waals surface area contributed by atoms with Gasteiger partial charge in [-0.05, 0) is 37.5 Å². The minimum absolute atomic E-state index is 0.0235. The van der Waals surface area contributed by atoms with Crippen LogP contribution in [0.4, 0.5) is 0 Å². The lowest BCUT2D eigenvalue weighted by atomic mass is 10.1. The number of thiophene rings is 1. The van der Waals surface area contributed by atoms with Crippen molar-refractivity contribution in [3.8, 4) is 0 Å². The van der Waals surface area contributed by atoms with E-state index in [1.807, 2.05) is 23.1 Å². The zero-order valence-electron chi connectivity index (χ0n) is 20.1. The highest BCUT2D eigenvalue weighted by molar-refractivity contribution is 7.11. The van der Waals surface area contributed by atoms with Crippen LogP contribution in [0.1, 0.15) is 80.5 Å². The standard InChI is InChI=1S/C27H40N2O2S/c1-4-6-8-9-13-16-26(30)28(19-7-5-2)22-27(31)29(20-24-14-11-10-12-15-24)21-25-18-17-23(3)32-25/h10-12,14-15,17-18H,4-9,13,16,19-22H2,1-3H3. The smallest absolute Gasteiger partial charge is 0.242 e. The van der Waals surface area contributed by atoms with Crippen LogP contribution >= 0.6 is 11.3 Å². The summed E-state index contributed by atoms with van der Waals surface area (Å²) in [6.07, 6.45) is 8.10. The Labute approximate surface area is 198 Å². The van der Waals surface area contributed by atoms with E-state index in [2.05, 4.69) is 45.0 Å². The molecule has 0 radical (unpaired) electrons. The fourth-order valence-corrected chi connectivity index (χ4v) is 4.64. The van der Waals surface area contributed by atoms with Gasteiger partial charge >= 0.3 is 0 Å². The van der Waals surface area contributed by atoms with Crippen LogP contribution in [0.3, 0.4) is 0 Å². The number of hydrogen-bond acceptors (Lipinski definition) is 3. The van der Waals surface area contributed by atoms with Gasteiger partial charge in [0.25, 0.3) is 0 Å². The first kappa shape index (κ1) is 26.1.